The van der Waals surface area contributed by atoms with Crippen LogP contribution in [0.1, 0.15) is 18.9 Å². The maximum Gasteiger partial charge on any atom is 0.219 e. The van der Waals surface area contributed by atoms with Crippen LogP contribution in [0.5, 0.6) is 0 Å². The van der Waals surface area contributed by atoms with Crippen molar-refractivity contribution in [2.45, 2.75) is 19.9 Å². The Balaban J connectivity index is 2.37. The number of aromatic nitrogens is 2. The van der Waals surface area contributed by atoms with Crippen LogP contribution < -0.4 is 11.1 Å². The fraction of sp³-hybridized carbons (Fsp3) is 0.500. The molecule has 0 saturated carbocycles. The van der Waals surface area contributed by atoms with Gasteiger partial charge in [-0.2, -0.15) is 0 Å². The van der Waals surface area contributed by atoms with Crippen molar-refractivity contribution in [1.29, 1.82) is 0 Å². The molecule has 1 aromatic heterocycles. The van der Waals surface area contributed by atoms with Crippen molar-refractivity contribution in [3.8, 4) is 0 Å². The van der Waals surface area contributed by atoms with Gasteiger partial charge in [0.2, 0.25) is 5.95 Å². The molecule has 1 aromatic rings. The standard InChI is InChI=1S/C8H14N4/c1-2-3-10-4-7-5-11-8(9)12-6-7/h5-6,10H,2-4H2,1H3,(H2,9,11,12). The van der Waals surface area contributed by atoms with Crippen LogP contribution in [-0.4, -0.2) is 16.5 Å². The SMILES string of the molecule is CCCNCc1cnc(N)nc1. The number of hydrogen-bond donors (Lipinski definition) is 2. The molecule has 0 aliphatic carbocycles. The molecule has 0 aliphatic rings. The fourth-order valence-corrected chi connectivity index (χ4v) is 0.866. The van der Waals surface area contributed by atoms with E-state index < -0.39 is 0 Å². The molecule has 0 aromatic carbocycles. The first-order valence-corrected chi connectivity index (χ1v) is 4.10. The first-order chi connectivity index (χ1) is 5.83. The van der Waals surface area contributed by atoms with Gasteiger partial charge in [0.1, 0.15) is 0 Å². The van der Waals surface area contributed by atoms with E-state index >= 15 is 0 Å². The van der Waals surface area contributed by atoms with E-state index in [1.54, 1.807) is 12.4 Å². The van der Waals surface area contributed by atoms with Gasteiger partial charge in [0.25, 0.3) is 0 Å². The van der Waals surface area contributed by atoms with Crippen molar-refractivity contribution in [3.05, 3.63) is 18.0 Å². The summed E-state index contributed by atoms with van der Waals surface area (Å²) in [5, 5.41) is 3.25. The lowest BCUT2D eigenvalue weighted by Crippen LogP contribution is -2.14. The second-order valence-corrected chi connectivity index (χ2v) is 2.63. The molecule has 1 rings (SSSR count). The molecule has 66 valence electrons. The molecule has 0 bridgehead atoms. The zero-order valence-corrected chi connectivity index (χ0v) is 7.25. The summed E-state index contributed by atoms with van der Waals surface area (Å²) in [5.41, 5.74) is 6.41. The largest absolute Gasteiger partial charge is 0.368 e. The first kappa shape index (κ1) is 8.93. The van der Waals surface area contributed by atoms with E-state index in [-0.39, 0.29) is 0 Å². The van der Waals surface area contributed by atoms with Crippen LogP contribution in [0.4, 0.5) is 5.95 Å². The fourth-order valence-electron chi connectivity index (χ4n) is 0.866. The molecular weight excluding hydrogens is 152 g/mol. The summed E-state index contributed by atoms with van der Waals surface area (Å²) in [6.45, 7) is 3.96. The van der Waals surface area contributed by atoms with Gasteiger partial charge in [-0.25, -0.2) is 9.97 Å². The van der Waals surface area contributed by atoms with E-state index in [2.05, 4.69) is 22.2 Å². The van der Waals surface area contributed by atoms with E-state index in [1.165, 1.54) is 0 Å². The predicted octanol–water partition coefficient (Wildman–Crippen LogP) is 0.558. The molecule has 0 radical (unpaired) electrons. The van der Waals surface area contributed by atoms with Crippen molar-refractivity contribution >= 4 is 5.95 Å². The van der Waals surface area contributed by atoms with Gasteiger partial charge in [0.05, 0.1) is 0 Å². The molecule has 0 aliphatic heterocycles. The van der Waals surface area contributed by atoms with Crippen molar-refractivity contribution in [3.63, 3.8) is 0 Å². The summed E-state index contributed by atoms with van der Waals surface area (Å²) >= 11 is 0. The average molecular weight is 166 g/mol. The van der Waals surface area contributed by atoms with Crippen molar-refractivity contribution in [2.75, 3.05) is 12.3 Å². The zero-order chi connectivity index (χ0) is 8.81. The van der Waals surface area contributed by atoms with Crippen LogP contribution in [0.2, 0.25) is 0 Å². The van der Waals surface area contributed by atoms with E-state index in [9.17, 15) is 0 Å². The molecule has 0 atom stereocenters. The summed E-state index contributed by atoms with van der Waals surface area (Å²) in [5.74, 6) is 0.328. The van der Waals surface area contributed by atoms with Crippen LogP contribution in [-0.2, 0) is 6.54 Å². The Kier molecular flexibility index (Phi) is 3.47. The Morgan fingerprint density at radius 2 is 2.08 bits per heavy atom. The smallest absolute Gasteiger partial charge is 0.219 e. The number of anilines is 1. The quantitative estimate of drug-likeness (QED) is 0.641. The summed E-state index contributed by atoms with van der Waals surface area (Å²) in [6.07, 6.45) is 4.62. The minimum Gasteiger partial charge on any atom is -0.368 e. The molecule has 12 heavy (non-hydrogen) atoms. The molecule has 0 fully saturated rings. The summed E-state index contributed by atoms with van der Waals surface area (Å²) < 4.78 is 0. The number of nitrogens with two attached hydrogens (primary N) is 1. The molecule has 0 spiro atoms. The number of nitrogen functional groups attached to an aromatic ring is 1. The minimum absolute atomic E-state index is 0.328. The minimum atomic E-state index is 0.328. The molecule has 3 N–H and O–H groups in total. The Morgan fingerprint density at radius 3 is 2.67 bits per heavy atom. The maximum absolute atomic E-state index is 5.34. The molecule has 0 saturated heterocycles. The normalized spacial score (nSPS) is 10.1. The molecular formula is C8H14N4. The summed E-state index contributed by atoms with van der Waals surface area (Å²) in [6, 6.07) is 0. The van der Waals surface area contributed by atoms with Crippen LogP contribution in [0.25, 0.3) is 0 Å². The Morgan fingerprint density at radius 1 is 1.42 bits per heavy atom. The Hall–Kier alpha value is -1.16. The third-order valence-corrected chi connectivity index (χ3v) is 1.48. The second-order valence-electron chi connectivity index (χ2n) is 2.63. The van der Waals surface area contributed by atoms with E-state index in [4.69, 9.17) is 5.73 Å². The van der Waals surface area contributed by atoms with Gasteiger partial charge in [-0.1, -0.05) is 6.92 Å². The number of rotatable bonds is 4. The lowest BCUT2D eigenvalue weighted by molar-refractivity contribution is 0.672. The Bertz CT molecular complexity index is 219. The van der Waals surface area contributed by atoms with Crippen LogP contribution in [0, 0.1) is 0 Å². The van der Waals surface area contributed by atoms with Gasteiger partial charge < -0.3 is 11.1 Å². The molecule has 0 amide bonds. The highest BCUT2D eigenvalue weighted by atomic mass is 15.0. The lowest BCUT2D eigenvalue weighted by Gasteiger charge is -2.01. The Labute approximate surface area is 72.2 Å². The second kappa shape index (κ2) is 4.66. The molecule has 1 heterocycles. The third-order valence-electron chi connectivity index (χ3n) is 1.48. The number of hydrogen-bond acceptors (Lipinski definition) is 4. The van der Waals surface area contributed by atoms with E-state index in [0.717, 1.165) is 25.1 Å². The molecule has 0 unspecified atom stereocenters. The molecule has 4 nitrogen and oxygen atoms in total. The predicted molar refractivity (Wildman–Crippen MR) is 48.4 cm³/mol. The van der Waals surface area contributed by atoms with Gasteiger partial charge in [-0.3, -0.25) is 0 Å². The van der Waals surface area contributed by atoms with Crippen LogP contribution >= 0.6 is 0 Å². The van der Waals surface area contributed by atoms with Gasteiger partial charge >= 0.3 is 0 Å². The lowest BCUT2D eigenvalue weighted by atomic mass is 10.3. The highest BCUT2D eigenvalue weighted by Gasteiger charge is 1.92. The highest BCUT2D eigenvalue weighted by molar-refractivity contribution is 5.16. The molecule has 4 heteroatoms. The highest BCUT2D eigenvalue weighted by Crippen LogP contribution is 1.95. The number of nitrogens with zero attached hydrogens (tertiary/aromatic N) is 2. The maximum atomic E-state index is 5.34. The zero-order valence-electron chi connectivity index (χ0n) is 7.25. The van der Waals surface area contributed by atoms with Gasteiger partial charge in [0, 0.05) is 24.5 Å². The number of nitrogens with one attached hydrogen (secondary N) is 1. The van der Waals surface area contributed by atoms with Gasteiger partial charge in [-0.05, 0) is 13.0 Å². The average Bonchev–Trinajstić information content (AvgIpc) is 2.09. The van der Waals surface area contributed by atoms with E-state index in [1.807, 2.05) is 0 Å². The van der Waals surface area contributed by atoms with Crippen LogP contribution in [0.3, 0.4) is 0 Å². The van der Waals surface area contributed by atoms with Crippen molar-refractivity contribution in [1.82, 2.24) is 15.3 Å². The third kappa shape index (κ3) is 2.84. The topological polar surface area (TPSA) is 63.8 Å². The first-order valence-electron chi connectivity index (χ1n) is 4.10. The van der Waals surface area contributed by atoms with Crippen molar-refractivity contribution < 1.29 is 0 Å². The summed E-state index contributed by atoms with van der Waals surface area (Å²) in [7, 11) is 0. The monoisotopic (exact) mass is 166 g/mol. The van der Waals surface area contributed by atoms with E-state index in [0.29, 0.717) is 5.95 Å². The summed E-state index contributed by atoms with van der Waals surface area (Å²) in [4.78, 5) is 7.77. The van der Waals surface area contributed by atoms with Gasteiger partial charge in [0.15, 0.2) is 0 Å². The van der Waals surface area contributed by atoms with Crippen LogP contribution in [0.15, 0.2) is 12.4 Å². The van der Waals surface area contributed by atoms with Crippen molar-refractivity contribution in [2.24, 2.45) is 0 Å². The van der Waals surface area contributed by atoms with Gasteiger partial charge in [-0.15, -0.1) is 0 Å².